The van der Waals surface area contributed by atoms with Crippen LogP contribution in [0.5, 0.6) is 0 Å². The molecule has 2 N–H and O–H groups in total. The molecule has 0 radical (unpaired) electrons. The average molecular weight is 299 g/mol. The number of nitrogens with two attached hydrogens (primary N) is 1. The quantitative estimate of drug-likeness (QED) is 0.921. The Morgan fingerprint density at radius 3 is 2.95 bits per heavy atom. The van der Waals surface area contributed by atoms with Crippen LogP contribution in [0, 0.1) is 0 Å². The van der Waals surface area contributed by atoms with Crippen LogP contribution in [0.2, 0.25) is 5.02 Å². The van der Waals surface area contributed by atoms with Gasteiger partial charge in [-0.15, -0.1) is 0 Å². The van der Waals surface area contributed by atoms with Crippen LogP contribution in [-0.4, -0.2) is 35.0 Å². The summed E-state index contributed by atoms with van der Waals surface area (Å²) < 4.78 is 0. The van der Waals surface area contributed by atoms with E-state index in [-0.39, 0.29) is 12.1 Å². The number of hydrogen-bond donors (Lipinski definition) is 1. The Labute approximate surface area is 125 Å². The lowest BCUT2D eigenvalue weighted by Gasteiger charge is -2.42. The van der Waals surface area contributed by atoms with Crippen molar-refractivity contribution in [3.8, 4) is 0 Å². The van der Waals surface area contributed by atoms with Crippen molar-refractivity contribution in [1.29, 1.82) is 0 Å². The van der Waals surface area contributed by atoms with E-state index in [2.05, 4.69) is 30.9 Å². The molecule has 1 fully saturated rings. The van der Waals surface area contributed by atoms with Gasteiger partial charge < -0.3 is 5.73 Å². The fourth-order valence-corrected chi connectivity index (χ4v) is 3.99. The molecule has 19 heavy (non-hydrogen) atoms. The number of rotatable bonds is 4. The first-order valence-electron chi connectivity index (χ1n) is 6.98. The van der Waals surface area contributed by atoms with Gasteiger partial charge in [-0.1, -0.05) is 30.7 Å². The molecule has 1 heterocycles. The number of halogens is 1. The fraction of sp³-hybridized carbons (Fsp3) is 0.600. The molecule has 1 aromatic rings. The van der Waals surface area contributed by atoms with Gasteiger partial charge in [-0.25, -0.2) is 0 Å². The zero-order valence-electron chi connectivity index (χ0n) is 11.7. The number of thioether (sulfide) groups is 1. The number of hydrogen-bond acceptors (Lipinski definition) is 3. The standard InChI is InChI=1S/C15H23ClN2S/c1-3-14(17)15(12-5-4-6-13(16)9-12)18-7-8-19-10-11(18)2/h4-6,9,11,14-15H,3,7-8,10,17H2,1-2H3. The molecule has 106 valence electrons. The van der Waals surface area contributed by atoms with E-state index >= 15 is 0 Å². The second-order valence-corrected chi connectivity index (χ2v) is 6.82. The molecule has 2 nitrogen and oxygen atoms in total. The van der Waals surface area contributed by atoms with E-state index in [1.807, 2.05) is 23.9 Å². The highest BCUT2D eigenvalue weighted by Gasteiger charge is 2.31. The van der Waals surface area contributed by atoms with Crippen LogP contribution in [0.15, 0.2) is 24.3 Å². The maximum atomic E-state index is 6.40. The van der Waals surface area contributed by atoms with Crippen molar-refractivity contribution in [3.63, 3.8) is 0 Å². The fourth-order valence-electron chi connectivity index (χ4n) is 2.75. The molecule has 1 aliphatic heterocycles. The lowest BCUT2D eigenvalue weighted by molar-refractivity contribution is 0.137. The van der Waals surface area contributed by atoms with Gasteiger partial charge >= 0.3 is 0 Å². The topological polar surface area (TPSA) is 29.3 Å². The molecular formula is C15H23ClN2S. The van der Waals surface area contributed by atoms with E-state index in [1.165, 1.54) is 17.1 Å². The predicted molar refractivity (Wildman–Crippen MR) is 86.0 cm³/mol. The third kappa shape index (κ3) is 3.66. The lowest BCUT2D eigenvalue weighted by atomic mass is 9.95. The summed E-state index contributed by atoms with van der Waals surface area (Å²) in [6.07, 6.45) is 0.980. The Kier molecular flexibility index (Phi) is 5.58. The van der Waals surface area contributed by atoms with E-state index in [4.69, 9.17) is 17.3 Å². The molecule has 0 amide bonds. The van der Waals surface area contributed by atoms with Gasteiger partial charge in [0.05, 0.1) is 6.04 Å². The van der Waals surface area contributed by atoms with E-state index < -0.39 is 0 Å². The molecule has 3 unspecified atom stereocenters. The zero-order valence-corrected chi connectivity index (χ0v) is 13.3. The molecule has 3 atom stereocenters. The molecule has 4 heteroatoms. The Balaban J connectivity index is 2.29. The van der Waals surface area contributed by atoms with Gasteiger partial charge in [0.15, 0.2) is 0 Å². The summed E-state index contributed by atoms with van der Waals surface area (Å²) in [4.78, 5) is 2.55. The molecule has 1 aromatic carbocycles. The molecule has 0 saturated carbocycles. The maximum absolute atomic E-state index is 6.40. The van der Waals surface area contributed by atoms with Crippen molar-refractivity contribution in [2.24, 2.45) is 5.73 Å². The van der Waals surface area contributed by atoms with Crippen molar-refractivity contribution >= 4 is 23.4 Å². The van der Waals surface area contributed by atoms with Gasteiger partial charge in [-0.3, -0.25) is 4.90 Å². The Morgan fingerprint density at radius 1 is 1.53 bits per heavy atom. The Bertz CT molecular complexity index is 413. The van der Waals surface area contributed by atoms with Crippen molar-refractivity contribution in [2.45, 2.75) is 38.4 Å². The predicted octanol–water partition coefficient (Wildman–Crippen LogP) is 3.56. The van der Waals surface area contributed by atoms with E-state index in [0.717, 1.165) is 18.0 Å². The maximum Gasteiger partial charge on any atom is 0.0503 e. The first kappa shape index (κ1) is 15.2. The van der Waals surface area contributed by atoms with Crippen molar-refractivity contribution < 1.29 is 0 Å². The van der Waals surface area contributed by atoms with E-state index in [0.29, 0.717) is 6.04 Å². The summed E-state index contributed by atoms with van der Waals surface area (Å²) in [5.74, 6) is 2.38. The SMILES string of the molecule is CCC(N)C(c1cccc(Cl)c1)N1CCSCC1C. The third-order valence-electron chi connectivity index (χ3n) is 3.84. The van der Waals surface area contributed by atoms with Crippen LogP contribution in [0.25, 0.3) is 0 Å². The molecule has 0 spiro atoms. The number of benzene rings is 1. The average Bonchev–Trinajstić information content (AvgIpc) is 2.41. The lowest BCUT2D eigenvalue weighted by Crippen LogP contribution is -2.48. The highest BCUT2D eigenvalue weighted by atomic mass is 35.5. The molecule has 2 rings (SSSR count). The number of nitrogens with zero attached hydrogens (tertiary/aromatic N) is 1. The summed E-state index contributed by atoms with van der Waals surface area (Å²) in [7, 11) is 0. The highest BCUT2D eigenvalue weighted by molar-refractivity contribution is 7.99. The summed E-state index contributed by atoms with van der Waals surface area (Å²) in [5.41, 5.74) is 7.65. The first-order valence-corrected chi connectivity index (χ1v) is 8.51. The molecule has 0 aromatic heterocycles. The van der Waals surface area contributed by atoms with Crippen molar-refractivity contribution in [2.75, 3.05) is 18.1 Å². The third-order valence-corrected chi connectivity index (χ3v) is 5.27. The minimum absolute atomic E-state index is 0.156. The van der Waals surface area contributed by atoms with Gasteiger partial charge in [-0.05, 0) is 31.0 Å². The van der Waals surface area contributed by atoms with Gasteiger partial charge in [0.25, 0.3) is 0 Å². The first-order chi connectivity index (χ1) is 9.13. The van der Waals surface area contributed by atoms with Crippen LogP contribution >= 0.6 is 23.4 Å². The highest BCUT2D eigenvalue weighted by Crippen LogP contribution is 2.31. The van der Waals surface area contributed by atoms with E-state index in [9.17, 15) is 0 Å². The van der Waals surface area contributed by atoms with Crippen LogP contribution in [0.3, 0.4) is 0 Å². The Hall–Kier alpha value is -0.220. The second kappa shape index (κ2) is 6.98. The van der Waals surface area contributed by atoms with Crippen molar-refractivity contribution in [1.82, 2.24) is 4.90 Å². The summed E-state index contributed by atoms with van der Waals surface area (Å²) in [6.45, 7) is 5.56. The second-order valence-electron chi connectivity index (χ2n) is 5.23. The minimum atomic E-state index is 0.156. The Morgan fingerprint density at radius 2 is 2.32 bits per heavy atom. The van der Waals surface area contributed by atoms with Crippen LogP contribution in [-0.2, 0) is 0 Å². The molecule has 0 bridgehead atoms. The molecular weight excluding hydrogens is 276 g/mol. The minimum Gasteiger partial charge on any atom is -0.326 e. The van der Waals surface area contributed by atoms with Gasteiger partial charge in [0, 0.05) is 35.2 Å². The van der Waals surface area contributed by atoms with Crippen molar-refractivity contribution in [3.05, 3.63) is 34.9 Å². The molecule has 1 saturated heterocycles. The largest absolute Gasteiger partial charge is 0.326 e. The molecule has 1 aliphatic rings. The zero-order chi connectivity index (χ0) is 13.8. The summed E-state index contributed by atoms with van der Waals surface area (Å²) in [6, 6.07) is 9.17. The van der Waals surface area contributed by atoms with Gasteiger partial charge in [0.1, 0.15) is 0 Å². The monoisotopic (exact) mass is 298 g/mol. The van der Waals surface area contributed by atoms with Crippen LogP contribution in [0.1, 0.15) is 31.9 Å². The van der Waals surface area contributed by atoms with E-state index in [1.54, 1.807) is 0 Å². The summed E-state index contributed by atoms with van der Waals surface area (Å²) >= 11 is 8.18. The normalized spacial score (nSPS) is 24.1. The van der Waals surface area contributed by atoms with Gasteiger partial charge in [0.2, 0.25) is 0 Å². The van der Waals surface area contributed by atoms with Crippen LogP contribution < -0.4 is 5.73 Å². The summed E-state index contributed by atoms with van der Waals surface area (Å²) in [5, 5.41) is 0.796. The van der Waals surface area contributed by atoms with Gasteiger partial charge in [-0.2, -0.15) is 11.8 Å². The molecule has 0 aliphatic carbocycles. The smallest absolute Gasteiger partial charge is 0.0503 e. The van der Waals surface area contributed by atoms with Crippen LogP contribution in [0.4, 0.5) is 0 Å².